The van der Waals surface area contributed by atoms with Crippen LogP contribution in [0.4, 0.5) is 23.1 Å². The van der Waals surface area contributed by atoms with E-state index in [1.165, 1.54) is 29.5 Å². The SMILES string of the molecule is CCSC(=O)Nc1nc2c(s1)-c1nc(-c3ccccc3C(F)(F)F)ncc1CC2. The summed E-state index contributed by atoms with van der Waals surface area (Å²) in [5.41, 5.74) is 1.38. The number of aromatic nitrogens is 3. The average Bonchev–Trinajstić information content (AvgIpc) is 3.10. The summed E-state index contributed by atoms with van der Waals surface area (Å²) in [6, 6.07) is 5.27. The molecule has 0 bridgehead atoms. The van der Waals surface area contributed by atoms with Gasteiger partial charge in [-0.1, -0.05) is 48.2 Å². The molecular formula is C19H15F3N4OS2. The van der Waals surface area contributed by atoms with E-state index in [0.717, 1.165) is 34.0 Å². The van der Waals surface area contributed by atoms with E-state index in [-0.39, 0.29) is 16.6 Å². The topological polar surface area (TPSA) is 67.8 Å². The lowest BCUT2D eigenvalue weighted by atomic mass is 9.99. The molecule has 1 aromatic carbocycles. The second-order valence-electron chi connectivity index (χ2n) is 6.25. The van der Waals surface area contributed by atoms with E-state index in [0.29, 0.717) is 29.4 Å². The molecule has 0 radical (unpaired) electrons. The molecule has 1 aliphatic carbocycles. The molecule has 1 aliphatic rings. The molecule has 4 rings (SSSR count). The highest BCUT2D eigenvalue weighted by atomic mass is 32.2. The number of carbonyl (C=O) groups is 1. The Morgan fingerprint density at radius 1 is 1.24 bits per heavy atom. The van der Waals surface area contributed by atoms with Gasteiger partial charge in [0.25, 0.3) is 5.24 Å². The van der Waals surface area contributed by atoms with Crippen LogP contribution in [0.15, 0.2) is 30.5 Å². The lowest BCUT2D eigenvalue weighted by Crippen LogP contribution is -2.10. The molecule has 0 atom stereocenters. The van der Waals surface area contributed by atoms with Crippen molar-refractivity contribution in [2.75, 3.05) is 11.1 Å². The number of rotatable bonds is 3. The number of anilines is 1. The molecule has 10 heteroatoms. The first-order valence-corrected chi connectivity index (χ1v) is 10.6. The lowest BCUT2D eigenvalue weighted by Gasteiger charge is -2.16. The summed E-state index contributed by atoms with van der Waals surface area (Å²) in [6.07, 6.45) is -1.61. The van der Waals surface area contributed by atoms with Gasteiger partial charge in [-0.15, -0.1) is 0 Å². The molecule has 1 N–H and O–H groups in total. The fourth-order valence-electron chi connectivity index (χ4n) is 3.11. The molecule has 0 spiro atoms. The molecule has 0 fully saturated rings. The van der Waals surface area contributed by atoms with E-state index in [4.69, 9.17) is 0 Å². The van der Waals surface area contributed by atoms with Crippen molar-refractivity contribution in [1.82, 2.24) is 15.0 Å². The van der Waals surface area contributed by atoms with Crippen LogP contribution < -0.4 is 5.32 Å². The maximum atomic E-state index is 13.4. The van der Waals surface area contributed by atoms with Gasteiger partial charge in [0, 0.05) is 11.8 Å². The first kappa shape index (κ1) is 19.8. The number of hydrogen-bond donors (Lipinski definition) is 1. The predicted octanol–water partition coefficient (Wildman–Crippen LogP) is 5.67. The minimum atomic E-state index is -4.50. The van der Waals surface area contributed by atoms with Gasteiger partial charge < -0.3 is 0 Å². The number of alkyl halides is 3. The third-order valence-electron chi connectivity index (χ3n) is 4.37. The molecular weight excluding hydrogens is 421 g/mol. The molecule has 0 aliphatic heterocycles. The summed E-state index contributed by atoms with van der Waals surface area (Å²) in [4.78, 5) is 25.7. The summed E-state index contributed by atoms with van der Waals surface area (Å²) < 4.78 is 40.2. The quantitative estimate of drug-likeness (QED) is 0.573. The number of thioether (sulfide) groups is 1. The summed E-state index contributed by atoms with van der Waals surface area (Å²) in [6.45, 7) is 1.88. The fourth-order valence-corrected chi connectivity index (χ4v) is 4.64. The van der Waals surface area contributed by atoms with Gasteiger partial charge >= 0.3 is 6.18 Å². The molecule has 0 unspecified atom stereocenters. The van der Waals surface area contributed by atoms with Crippen molar-refractivity contribution in [3.63, 3.8) is 0 Å². The van der Waals surface area contributed by atoms with Crippen LogP contribution in [-0.4, -0.2) is 25.9 Å². The Hall–Kier alpha value is -2.46. The first-order valence-electron chi connectivity index (χ1n) is 8.83. The smallest absolute Gasteiger partial charge is 0.293 e. The zero-order chi connectivity index (χ0) is 20.6. The maximum Gasteiger partial charge on any atom is 0.417 e. The number of aryl methyl sites for hydroxylation is 2. The van der Waals surface area contributed by atoms with Crippen LogP contribution in [0.25, 0.3) is 22.0 Å². The Morgan fingerprint density at radius 3 is 2.79 bits per heavy atom. The monoisotopic (exact) mass is 436 g/mol. The van der Waals surface area contributed by atoms with E-state index in [2.05, 4.69) is 20.3 Å². The highest BCUT2D eigenvalue weighted by Crippen LogP contribution is 2.41. The Balaban J connectivity index is 1.75. The van der Waals surface area contributed by atoms with Gasteiger partial charge in [0.05, 0.1) is 21.8 Å². The zero-order valence-electron chi connectivity index (χ0n) is 15.2. The van der Waals surface area contributed by atoms with Crippen LogP contribution in [0.2, 0.25) is 0 Å². The third kappa shape index (κ3) is 3.99. The number of hydrogen-bond acceptors (Lipinski definition) is 6. The summed E-state index contributed by atoms with van der Waals surface area (Å²) in [5, 5.41) is 3.01. The van der Waals surface area contributed by atoms with Gasteiger partial charge in [0.2, 0.25) is 0 Å². The van der Waals surface area contributed by atoms with Gasteiger partial charge in [-0.05, 0) is 30.2 Å². The largest absolute Gasteiger partial charge is 0.417 e. The molecule has 29 heavy (non-hydrogen) atoms. The Labute approximate surface area is 172 Å². The highest BCUT2D eigenvalue weighted by Gasteiger charge is 2.34. The van der Waals surface area contributed by atoms with Crippen LogP contribution in [0.3, 0.4) is 0 Å². The zero-order valence-corrected chi connectivity index (χ0v) is 16.8. The number of carbonyl (C=O) groups excluding carboxylic acids is 1. The van der Waals surface area contributed by atoms with Crippen molar-refractivity contribution < 1.29 is 18.0 Å². The molecule has 1 amide bonds. The van der Waals surface area contributed by atoms with Crippen molar-refractivity contribution in [3.8, 4) is 22.0 Å². The van der Waals surface area contributed by atoms with E-state index >= 15 is 0 Å². The van der Waals surface area contributed by atoms with Gasteiger partial charge in [0.1, 0.15) is 0 Å². The normalized spacial score (nSPS) is 13.0. The third-order valence-corrected chi connectivity index (χ3v) is 6.04. The molecule has 2 aromatic heterocycles. The number of thiazole rings is 1. The summed E-state index contributed by atoms with van der Waals surface area (Å²) in [5.74, 6) is 0.666. The van der Waals surface area contributed by atoms with Gasteiger partial charge in [-0.25, -0.2) is 15.0 Å². The maximum absolute atomic E-state index is 13.4. The van der Waals surface area contributed by atoms with Crippen LogP contribution in [0.5, 0.6) is 0 Å². The molecule has 5 nitrogen and oxygen atoms in total. The lowest BCUT2D eigenvalue weighted by molar-refractivity contribution is -0.137. The van der Waals surface area contributed by atoms with Crippen molar-refractivity contribution in [2.24, 2.45) is 0 Å². The number of amides is 1. The van der Waals surface area contributed by atoms with Crippen LogP contribution in [-0.2, 0) is 19.0 Å². The first-order chi connectivity index (χ1) is 13.9. The Bertz CT molecular complexity index is 1080. The molecule has 3 aromatic rings. The molecule has 2 heterocycles. The van der Waals surface area contributed by atoms with Crippen molar-refractivity contribution in [2.45, 2.75) is 25.9 Å². The number of halogens is 3. The van der Waals surface area contributed by atoms with Gasteiger partial charge in [0.15, 0.2) is 11.0 Å². The molecule has 0 saturated heterocycles. The second-order valence-corrected chi connectivity index (χ2v) is 8.49. The van der Waals surface area contributed by atoms with Gasteiger partial charge in [-0.2, -0.15) is 13.2 Å². The minimum Gasteiger partial charge on any atom is -0.293 e. The van der Waals surface area contributed by atoms with Crippen LogP contribution in [0, 0.1) is 0 Å². The van der Waals surface area contributed by atoms with E-state index in [9.17, 15) is 18.0 Å². The summed E-state index contributed by atoms with van der Waals surface area (Å²) in [7, 11) is 0. The number of fused-ring (bicyclic) bond motifs is 3. The van der Waals surface area contributed by atoms with E-state index < -0.39 is 11.7 Å². The van der Waals surface area contributed by atoms with Crippen LogP contribution >= 0.6 is 23.1 Å². The standard InChI is InChI=1S/C19H15F3N4OS2/c1-2-28-18(27)26-17-24-13-8-7-10-9-23-16(25-14(10)15(13)29-17)11-5-3-4-6-12(11)19(20,21)22/h3-6,9H,2,7-8H2,1H3,(H,24,26,27). The van der Waals surface area contributed by atoms with Crippen molar-refractivity contribution >= 4 is 33.5 Å². The molecule has 150 valence electrons. The summed E-state index contributed by atoms with van der Waals surface area (Å²) >= 11 is 2.42. The van der Waals surface area contributed by atoms with Crippen molar-refractivity contribution in [3.05, 3.63) is 47.3 Å². The predicted molar refractivity (Wildman–Crippen MR) is 108 cm³/mol. The van der Waals surface area contributed by atoms with Gasteiger partial charge in [-0.3, -0.25) is 10.1 Å². The van der Waals surface area contributed by atoms with Crippen molar-refractivity contribution in [1.29, 1.82) is 0 Å². The number of nitrogens with one attached hydrogen (secondary N) is 1. The average molecular weight is 436 g/mol. The fraction of sp³-hybridized carbons (Fsp3) is 0.263. The van der Waals surface area contributed by atoms with E-state index in [1.54, 1.807) is 6.20 Å². The van der Waals surface area contributed by atoms with Crippen LogP contribution in [0.1, 0.15) is 23.7 Å². The number of benzene rings is 1. The highest BCUT2D eigenvalue weighted by molar-refractivity contribution is 8.13. The Kier molecular flexibility index (Phi) is 5.30. The number of nitrogens with zero attached hydrogens (tertiary/aromatic N) is 3. The Morgan fingerprint density at radius 2 is 2.03 bits per heavy atom. The minimum absolute atomic E-state index is 0.0186. The van der Waals surface area contributed by atoms with E-state index in [1.807, 2.05) is 6.92 Å². The molecule has 0 saturated carbocycles. The second kappa shape index (κ2) is 7.75.